The Labute approximate surface area is 156 Å². The van der Waals surface area contributed by atoms with Crippen LogP contribution in [0.4, 0.5) is 0 Å². The van der Waals surface area contributed by atoms with E-state index in [1.807, 2.05) is 13.0 Å². The zero-order chi connectivity index (χ0) is 15.1. The van der Waals surface area contributed by atoms with Crippen molar-refractivity contribution in [1.29, 1.82) is 0 Å². The average Bonchev–Trinajstić information content (AvgIpc) is 2.45. The molecule has 0 radical (unpaired) electrons. The highest BCUT2D eigenvalue weighted by Gasteiger charge is 2.23. The van der Waals surface area contributed by atoms with Gasteiger partial charge in [-0.25, -0.2) is 4.79 Å². The van der Waals surface area contributed by atoms with E-state index in [4.69, 9.17) is 0 Å². The molecule has 0 aliphatic carbocycles. The average molecular weight is 437 g/mol. The summed E-state index contributed by atoms with van der Waals surface area (Å²) in [7, 11) is 2.00. The van der Waals surface area contributed by atoms with Crippen LogP contribution in [0.3, 0.4) is 0 Å². The molecule has 21 heavy (non-hydrogen) atoms. The van der Waals surface area contributed by atoms with Crippen molar-refractivity contribution in [2.75, 3.05) is 0 Å². The summed E-state index contributed by atoms with van der Waals surface area (Å²) in [5, 5.41) is 0. The minimum Gasteiger partial charge on any atom is -1.00 e. The number of carbonyl (C=O) groups excluding carboxylic acids is 1. The van der Waals surface area contributed by atoms with Gasteiger partial charge >= 0.3 is 0 Å². The number of halogens is 1. The fourth-order valence-corrected chi connectivity index (χ4v) is 3.11. The first-order valence-electron chi connectivity index (χ1n) is 7.24. The van der Waals surface area contributed by atoms with Crippen LogP contribution in [0, 0.1) is 0 Å². The van der Waals surface area contributed by atoms with Gasteiger partial charge in [0.1, 0.15) is 13.0 Å². The lowest BCUT2D eigenvalue weighted by Gasteiger charge is -2.13. The van der Waals surface area contributed by atoms with Gasteiger partial charge in [-0.05, 0) is 19.3 Å². The summed E-state index contributed by atoms with van der Waals surface area (Å²) in [4.78, 5) is 12.4. The van der Waals surface area contributed by atoms with Gasteiger partial charge in [0.25, 0.3) is 0 Å². The Bertz CT molecular complexity index is 526. The maximum absolute atomic E-state index is 10.7. The van der Waals surface area contributed by atoms with Crippen LogP contribution in [0.2, 0.25) is 0 Å². The standard InChI is InChI=1S/C16H23NOS2.HI/c1-4-6-8-12-13(9-7-5-2)17(3)14(10-11-18)16(20)15(12)19;/h10,20H,4-9H2,1-3H3;1H. The molecule has 118 valence electrons. The van der Waals surface area contributed by atoms with Gasteiger partial charge in [-0.1, -0.05) is 26.7 Å². The van der Waals surface area contributed by atoms with E-state index in [-0.39, 0.29) is 24.0 Å². The smallest absolute Gasteiger partial charge is 0.230 e. The molecule has 1 rings (SSSR count). The number of unbranched alkanes of at least 4 members (excludes halogenated alkanes) is 2. The number of aromatic nitrogens is 1. The molecule has 0 spiro atoms. The Balaban J connectivity index is 0.00000400. The number of hydrogen-bond donors (Lipinski definition) is 2. The summed E-state index contributed by atoms with van der Waals surface area (Å²) in [6.07, 6.45) is 8.05. The van der Waals surface area contributed by atoms with Crippen LogP contribution < -0.4 is 28.5 Å². The minimum absolute atomic E-state index is 0. The van der Waals surface area contributed by atoms with E-state index >= 15 is 0 Å². The van der Waals surface area contributed by atoms with Gasteiger partial charge in [-0.3, -0.25) is 0 Å². The van der Waals surface area contributed by atoms with Crippen molar-refractivity contribution < 1.29 is 33.3 Å². The molecule has 0 aliphatic heterocycles. The van der Waals surface area contributed by atoms with E-state index in [1.165, 1.54) is 17.3 Å². The molecule has 1 aromatic rings. The van der Waals surface area contributed by atoms with E-state index in [0.717, 1.165) is 54.0 Å². The van der Waals surface area contributed by atoms with Gasteiger partial charge in [0.05, 0.1) is 11.0 Å². The van der Waals surface area contributed by atoms with Crippen LogP contribution in [-0.4, -0.2) is 5.94 Å². The SMILES string of the molecule is CCCCc1c(S)c(S)c(C=C=O)[n+](C)c1CCCC.[I-]. The van der Waals surface area contributed by atoms with Crippen molar-refractivity contribution in [3.63, 3.8) is 0 Å². The molecule has 0 fully saturated rings. The van der Waals surface area contributed by atoms with Crippen molar-refractivity contribution in [2.45, 2.75) is 62.2 Å². The zero-order valence-electron chi connectivity index (χ0n) is 12.9. The Morgan fingerprint density at radius 1 is 1.10 bits per heavy atom. The second kappa shape index (κ2) is 10.7. The molecule has 0 saturated heterocycles. The van der Waals surface area contributed by atoms with E-state index in [9.17, 15) is 4.79 Å². The first-order chi connectivity index (χ1) is 9.58. The minimum atomic E-state index is 0. The maximum Gasteiger partial charge on any atom is 0.230 e. The fourth-order valence-electron chi connectivity index (χ4n) is 2.41. The van der Waals surface area contributed by atoms with Crippen LogP contribution in [0.1, 0.15) is 56.5 Å². The van der Waals surface area contributed by atoms with E-state index < -0.39 is 0 Å². The summed E-state index contributed by atoms with van der Waals surface area (Å²) in [6, 6.07) is 0. The summed E-state index contributed by atoms with van der Waals surface area (Å²) in [5.41, 5.74) is 3.34. The van der Waals surface area contributed by atoms with Gasteiger partial charge < -0.3 is 24.0 Å². The van der Waals surface area contributed by atoms with Crippen LogP contribution in [-0.2, 0) is 24.7 Å². The number of hydrogen-bond acceptors (Lipinski definition) is 3. The molecule has 0 N–H and O–H groups in total. The molecule has 1 aromatic heterocycles. The molecule has 0 saturated carbocycles. The molecule has 0 aromatic carbocycles. The molecule has 0 unspecified atom stereocenters. The Morgan fingerprint density at radius 3 is 2.19 bits per heavy atom. The lowest BCUT2D eigenvalue weighted by molar-refractivity contribution is -0.683. The van der Waals surface area contributed by atoms with Crippen LogP contribution in [0.5, 0.6) is 0 Å². The quantitative estimate of drug-likeness (QED) is 0.278. The van der Waals surface area contributed by atoms with Gasteiger partial charge in [0.15, 0.2) is 5.69 Å². The van der Waals surface area contributed by atoms with E-state index in [1.54, 1.807) is 0 Å². The van der Waals surface area contributed by atoms with E-state index in [0.29, 0.717) is 0 Å². The van der Waals surface area contributed by atoms with Crippen LogP contribution in [0.25, 0.3) is 6.08 Å². The Morgan fingerprint density at radius 2 is 1.67 bits per heavy atom. The summed E-state index contributed by atoms with van der Waals surface area (Å²) in [6.45, 7) is 4.38. The molecule has 5 heteroatoms. The predicted molar refractivity (Wildman–Crippen MR) is 89.5 cm³/mol. The fraction of sp³-hybridized carbons (Fsp3) is 0.562. The molecule has 0 aliphatic rings. The maximum atomic E-state index is 10.7. The number of thiol groups is 2. The van der Waals surface area contributed by atoms with Crippen molar-refractivity contribution in [2.24, 2.45) is 7.05 Å². The van der Waals surface area contributed by atoms with Crippen molar-refractivity contribution in [3.8, 4) is 0 Å². The first-order valence-corrected chi connectivity index (χ1v) is 8.14. The molecule has 2 nitrogen and oxygen atoms in total. The summed E-state index contributed by atoms with van der Waals surface area (Å²) >= 11 is 9.18. The summed E-state index contributed by atoms with van der Waals surface area (Å²) < 4.78 is 2.08. The molecular formula is C16H24INOS2. The highest BCUT2D eigenvalue weighted by atomic mass is 127. The first kappa shape index (κ1) is 21.0. The highest BCUT2D eigenvalue weighted by Crippen LogP contribution is 2.29. The zero-order valence-corrected chi connectivity index (χ0v) is 16.9. The van der Waals surface area contributed by atoms with Crippen LogP contribution in [0.15, 0.2) is 9.79 Å². The topological polar surface area (TPSA) is 20.9 Å². The monoisotopic (exact) mass is 437 g/mol. The molecule has 0 atom stereocenters. The molecule has 0 amide bonds. The normalized spacial score (nSPS) is 9.95. The predicted octanol–water partition coefficient (Wildman–Crippen LogP) is 0.623. The van der Waals surface area contributed by atoms with Crippen molar-refractivity contribution in [3.05, 3.63) is 17.0 Å². The van der Waals surface area contributed by atoms with Gasteiger partial charge in [0, 0.05) is 16.9 Å². The largest absolute Gasteiger partial charge is 1.00 e. The summed E-state index contributed by atoms with van der Waals surface area (Å²) in [5.74, 6) is 1.86. The van der Waals surface area contributed by atoms with E-state index in [2.05, 4.69) is 43.7 Å². The molecule has 0 bridgehead atoms. The van der Waals surface area contributed by atoms with Gasteiger partial charge in [-0.2, -0.15) is 4.57 Å². The Hall–Kier alpha value is 0.0300. The lowest BCUT2D eigenvalue weighted by atomic mass is 10.0. The third-order valence-corrected chi connectivity index (χ3v) is 4.73. The third-order valence-electron chi connectivity index (χ3n) is 3.61. The Kier molecular flexibility index (Phi) is 10.7. The van der Waals surface area contributed by atoms with Crippen molar-refractivity contribution in [1.82, 2.24) is 0 Å². The van der Waals surface area contributed by atoms with Gasteiger partial charge in [0.2, 0.25) is 5.69 Å². The number of nitrogens with zero attached hydrogens (tertiary/aromatic N) is 1. The van der Waals surface area contributed by atoms with Crippen LogP contribution >= 0.6 is 25.3 Å². The molecule has 1 heterocycles. The highest BCUT2D eigenvalue weighted by molar-refractivity contribution is 7.83. The second-order valence-electron chi connectivity index (χ2n) is 5.04. The lowest BCUT2D eigenvalue weighted by Crippen LogP contribution is -3.00. The number of rotatable bonds is 7. The second-order valence-corrected chi connectivity index (χ2v) is 5.93. The molecular weight excluding hydrogens is 413 g/mol. The number of pyridine rings is 1. The van der Waals surface area contributed by atoms with Gasteiger partial charge in [-0.15, -0.1) is 25.3 Å². The third kappa shape index (κ3) is 5.31. The van der Waals surface area contributed by atoms with Crippen molar-refractivity contribution >= 4 is 37.3 Å².